The lowest BCUT2D eigenvalue weighted by Crippen LogP contribution is -2.47. The maximum Gasteiger partial charge on any atom is 0.324 e. The zero-order valence-corrected chi connectivity index (χ0v) is 15.3. The van der Waals surface area contributed by atoms with Crippen molar-refractivity contribution in [1.82, 2.24) is 15.0 Å². The van der Waals surface area contributed by atoms with Crippen molar-refractivity contribution >= 4 is 17.6 Å². The van der Waals surface area contributed by atoms with E-state index in [9.17, 15) is 0 Å². The van der Waals surface area contributed by atoms with Gasteiger partial charge in [0.1, 0.15) is 0 Å². The smallest absolute Gasteiger partial charge is 0.322 e. The van der Waals surface area contributed by atoms with E-state index in [4.69, 9.17) is 16.1 Å². The van der Waals surface area contributed by atoms with Crippen LogP contribution in [0.15, 0.2) is 59.1 Å². The number of rotatable bonds is 5. The molecule has 4 rings (SSSR count). The van der Waals surface area contributed by atoms with E-state index in [1.165, 1.54) is 5.56 Å². The molecule has 2 aromatic carbocycles. The molecule has 2 heterocycles. The van der Waals surface area contributed by atoms with Crippen LogP contribution in [0.2, 0.25) is 5.02 Å². The maximum atomic E-state index is 5.93. The summed E-state index contributed by atoms with van der Waals surface area (Å²) in [7, 11) is 0. The fourth-order valence-electron chi connectivity index (χ4n) is 3.15. The van der Waals surface area contributed by atoms with Crippen molar-refractivity contribution in [2.75, 3.05) is 37.6 Å². The summed E-state index contributed by atoms with van der Waals surface area (Å²) in [6, 6.07) is 18.7. The van der Waals surface area contributed by atoms with Gasteiger partial charge in [-0.2, -0.15) is 4.98 Å². The van der Waals surface area contributed by atoms with Crippen LogP contribution in [0.25, 0.3) is 11.4 Å². The van der Waals surface area contributed by atoms with E-state index in [1.54, 1.807) is 0 Å². The number of nitrogens with zero attached hydrogens (tertiary/aromatic N) is 4. The van der Waals surface area contributed by atoms with E-state index in [0.29, 0.717) is 16.9 Å². The number of halogens is 1. The van der Waals surface area contributed by atoms with E-state index in [-0.39, 0.29) is 0 Å². The molecule has 0 spiro atoms. The second kappa shape index (κ2) is 7.89. The summed E-state index contributed by atoms with van der Waals surface area (Å²) in [5.41, 5.74) is 2.30. The van der Waals surface area contributed by atoms with Crippen LogP contribution in [0.5, 0.6) is 0 Å². The van der Waals surface area contributed by atoms with Gasteiger partial charge in [0.05, 0.1) is 0 Å². The summed E-state index contributed by atoms with van der Waals surface area (Å²) < 4.78 is 5.47. The lowest BCUT2D eigenvalue weighted by Gasteiger charge is -2.33. The van der Waals surface area contributed by atoms with Gasteiger partial charge in [0.15, 0.2) is 0 Å². The van der Waals surface area contributed by atoms with Crippen molar-refractivity contribution in [3.63, 3.8) is 0 Å². The molecule has 1 saturated heterocycles. The standard InChI is InChI=1S/C20H21ClN4O/c21-18-8-6-17(7-9-18)19-22-20(26-23-19)25-14-12-24(13-15-25)11-10-16-4-2-1-3-5-16/h1-9H,10-15H2. The minimum absolute atomic E-state index is 0.595. The highest BCUT2D eigenvalue weighted by Gasteiger charge is 2.21. The van der Waals surface area contributed by atoms with Crippen LogP contribution >= 0.6 is 11.6 Å². The largest absolute Gasteiger partial charge is 0.324 e. The summed E-state index contributed by atoms with van der Waals surface area (Å²) in [5.74, 6) is 0.600. The molecule has 0 amide bonds. The third-order valence-electron chi connectivity index (χ3n) is 4.72. The van der Waals surface area contributed by atoms with Crippen LogP contribution in [-0.4, -0.2) is 47.8 Å². The molecule has 3 aromatic rings. The average molecular weight is 369 g/mol. The molecule has 0 radical (unpaired) electrons. The molecule has 1 fully saturated rings. The Balaban J connectivity index is 1.31. The molecule has 134 valence electrons. The van der Waals surface area contributed by atoms with Crippen LogP contribution in [0, 0.1) is 0 Å². The monoisotopic (exact) mass is 368 g/mol. The van der Waals surface area contributed by atoms with Crippen LogP contribution in [0.3, 0.4) is 0 Å². The summed E-state index contributed by atoms with van der Waals surface area (Å²) in [6.07, 6.45) is 1.09. The van der Waals surface area contributed by atoms with Gasteiger partial charge in [-0.1, -0.05) is 47.1 Å². The Labute approximate surface area is 158 Å². The summed E-state index contributed by atoms with van der Waals surface area (Å²) in [4.78, 5) is 9.18. The summed E-state index contributed by atoms with van der Waals surface area (Å²) in [6.45, 7) is 4.89. The van der Waals surface area contributed by atoms with Crippen LogP contribution in [0.4, 0.5) is 6.01 Å². The first-order valence-electron chi connectivity index (χ1n) is 8.89. The van der Waals surface area contributed by atoms with Gasteiger partial charge in [-0.25, -0.2) is 0 Å². The Bertz CT molecular complexity index is 827. The molecule has 26 heavy (non-hydrogen) atoms. The number of anilines is 1. The zero-order valence-electron chi connectivity index (χ0n) is 14.5. The van der Waals surface area contributed by atoms with Gasteiger partial charge >= 0.3 is 6.01 Å². The van der Waals surface area contributed by atoms with Crippen LogP contribution in [0.1, 0.15) is 5.56 Å². The summed E-state index contributed by atoms with van der Waals surface area (Å²) >= 11 is 5.93. The SMILES string of the molecule is Clc1ccc(-c2noc(N3CCN(CCc4ccccc4)CC3)n2)cc1. The van der Waals surface area contributed by atoms with E-state index in [2.05, 4.69) is 50.3 Å². The van der Waals surface area contributed by atoms with E-state index < -0.39 is 0 Å². The third kappa shape index (κ3) is 4.06. The molecule has 0 N–H and O–H groups in total. The fourth-order valence-corrected chi connectivity index (χ4v) is 3.28. The van der Waals surface area contributed by atoms with Crippen molar-refractivity contribution < 1.29 is 4.52 Å². The second-order valence-corrected chi connectivity index (χ2v) is 6.91. The second-order valence-electron chi connectivity index (χ2n) is 6.47. The molecular formula is C20H21ClN4O. The molecule has 5 nitrogen and oxygen atoms in total. The first-order chi connectivity index (χ1) is 12.8. The van der Waals surface area contributed by atoms with Crippen LogP contribution in [-0.2, 0) is 6.42 Å². The Hall–Kier alpha value is -2.37. The lowest BCUT2D eigenvalue weighted by atomic mass is 10.1. The molecule has 6 heteroatoms. The molecule has 0 saturated carbocycles. The molecule has 0 bridgehead atoms. The molecule has 1 aromatic heterocycles. The minimum atomic E-state index is 0.595. The van der Waals surface area contributed by atoms with Crippen LogP contribution < -0.4 is 4.90 Å². The molecule has 1 aliphatic rings. The van der Waals surface area contributed by atoms with E-state index in [1.807, 2.05) is 24.3 Å². The predicted octanol–water partition coefficient (Wildman–Crippen LogP) is 3.75. The predicted molar refractivity (Wildman–Crippen MR) is 104 cm³/mol. The number of aromatic nitrogens is 2. The topological polar surface area (TPSA) is 45.4 Å². The third-order valence-corrected chi connectivity index (χ3v) is 4.97. The number of hydrogen-bond donors (Lipinski definition) is 0. The van der Waals surface area contributed by atoms with Crippen molar-refractivity contribution in [2.45, 2.75) is 6.42 Å². The highest BCUT2D eigenvalue weighted by atomic mass is 35.5. The Morgan fingerprint density at radius 2 is 1.65 bits per heavy atom. The Morgan fingerprint density at radius 1 is 0.923 bits per heavy atom. The number of hydrogen-bond acceptors (Lipinski definition) is 5. The van der Waals surface area contributed by atoms with E-state index in [0.717, 1.165) is 44.7 Å². The van der Waals surface area contributed by atoms with Gasteiger partial charge in [-0.3, -0.25) is 4.90 Å². The maximum absolute atomic E-state index is 5.93. The van der Waals surface area contributed by atoms with Gasteiger partial charge in [-0.15, -0.1) is 0 Å². The van der Waals surface area contributed by atoms with Gasteiger partial charge in [-0.05, 0) is 36.2 Å². The summed E-state index contributed by atoms with van der Waals surface area (Å²) in [5, 5.41) is 4.80. The van der Waals surface area contributed by atoms with Crippen molar-refractivity contribution in [1.29, 1.82) is 0 Å². The highest BCUT2D eigenvalue weighted by Crippen LogP contribution is 2.22. The van der Waals surface area contributed by atoms with Gasteiger partial charge in [0, 0.05) is 43.3 Å². The number of benzene rings is 2. The molecule has 0 atom stereocenters. The van der Waals surface area contributed by atoms with Crippen molar-refractivity contribution in [3.05, 3.63) is 65.2 Å². The molecular weight excluding hydrogens is 348 g/mol. The van der Waals surface area contributed by atoms with Crippen molar-refractivity contribution in [2.24, 2.45) is 0 Å². The van der Waals surface area contributed by atoms with Gasteiger partial charge in [0.2, 0.25) is 5.82 Å². The first kappa shape index (κ1) is 17.1. The van der Waals surface area contributed by atoms with Gasteiger partial charge in [0.25, 0.3) is 0 Å². The molecule has 1 aliphatic heterocycles. The normalized spacial score (nSPS) is 15.3. The van der Waals surface area contributed by atoms with Gasteiger partial charge < -0.3 is 9.42 Å². The number of piperazine rings is 1. The first-order valence-corrected chi connectivity index (χ1v) is 9.26. The van der Waals surface area contributed by atoms with Crippen molar-refractivity contribution in [3.8, 4) is 11.4 Å². The molecule has 0 unspecified atom stereocenters. The average Bonchev–Trinajstić information content (AvgIpc) is 3.18. The highest BCUT2D eigenvalue weighted by molar-refractivity contribution is 6.30. The van der Waals surface area contributed by atoms with E-state index >= 15 is 0 Å². The zero-order chi connectivity index (χ0) is 17.8. The lowest BCUT2D eigenvalue weighted by molar-refractivity contribution is 0.253. The molecule has 0 aliphatic carbocycles. The minimum Gasteiger partial charge on any atom is -0.322 e. The quantitative estimate of drug-likeness (QED) is 0.686. The fraction of sp³-hybridized carbons (Fsp3) is 0.300. The Kier molecular flexibility index (Phi) is 5.18. The Morgan fingerprint density at radius 3 is 2.38 bits per heavy atom.